The topological polar surface area (TPSA) is 46.5 Å². The SMILES string of the molecule is C=C(C(=O)OCC)C(O)c1ccccc1I. The molecule has 1 aromatic rings. The fourth-order valence-corrected chi connectivity index (χ4v) is 1.90. The molecule has 0 saturated carbocycles. The Bertz CT molecular complexity index is 401. The molecule has 0 aliphatic rings. The molecule has 0 saturated heterocycles. The molecule has 16 heavy (non-hydrogen) atoms. The summed E-state index contributed by atoms with van der Waals surface area (Å²) in [5.41, 5.74) is 0.729. The molecule has 0 spiro atoms. The zero-order valence-electron chi connectivity index (χ0n) is 8.94. The summed E-state index contributed by atoms with van der Waals surface area (Å²) in [5.74, 6) is -0.561. The Morgan fingerprint density at radius 3 is 2.75 bits per heavy atom. The van der Waals surface area contributed by atoms with Crippen LogP contribution in [0.5, 0.6) is 0 Å². The van der Waals surface area contributed by atoms with Crippen molar-refractivity contribution in [2.24, 2.45) is 0 Å². The molecular formula is C12H13IO3. The molecule has 1 unspecified atom stereocenters. The van der Waals surface area contributed by atoms with Crippen molar-refractivity contribution in [1.82, 2.24) is 0 Å². The number of halogens is 1. The molecule has 0 radical (unpaired) electrons. The van der Waals surface area contributed by atoms with Crippen molar-refractivity contribution in [3.8, 4) is 0 Å². The van der Waals surface area contributed by atoms with E-state index in [2.05, 4.69) is 29.2 Å². The summed E-state index contributed by atoms with van der Waals surface area (Å²) in [7, 11) is 0. The molecule has 0 fully saturated rings. The largest absolute Gasteiger partial charge is 0.463 e. The third-order valence-electron chi connectivity index (χ3n) is 2.07. The highest BCUT2D eigenvalue weighted by atomic mass is 127. The number of ether oxygens (including phenoxy) is 1. The second kappa shape index (κ2) is 6.00. The number of hydrogen-bond acceptors (Lipinski definition) is 3. The van der Waals surface area contributed by atoms with E-state index in [1.807, 2.05) is 12.1 Å². The van der Waals surface area contributed by atoms with Crippen LogP contribution in [0.3, 0.4) is 0 Å². The smallest absolute Gasteiger partial charge is 0.336 e. The Labute approximate surface area is 108 Å². The van der Waals surface area contributed by atoms with E-state index in [1.165, 1.54) is 0 Å². The Balaban J connectivity index is 2.86. The number of rotatable bonds is 4. The van der Waals surface area contributed by atoms with Gasteiger partial charge in [0.05, 0.1) is 12.2 Å². The third kappa shape index (κ3) is 3.05. The molecule has 0 bridgehead atoms. The van der Waals surface area contributed by atoms with Gasteiger partial charge in [-0.2, -0.15) is 0 Å². The quantitative estimate of drug-likeness (QED) is 0.523. The zero-order valence-corrected chi connectivity index (χ0v) is 11.1. The van der Waals surface area contributed by atoms with Crippen LogP contribution in [-0.2, 0) is 9.53 Å². The first kappa shape index (κ1) is 13.2. The standard InChI is InChI=1S/C12H13IO3/c1-3-16-12(15)8(2)11(14)9-6-4-5-7-10(9)13/h4-7,11,14H,2-3H2,1H3. The minimum Gasteiger partial charge on any atom is -0.463 e. The summed E-state index contributed by atoms with van der Waals surface area (Å²) in [6.07, 6.45) is -1.01. The molecule has 0 heterocycles. The van der Waals surface area contributed by atoms with Crippen molar-refractivity contribution < 1.29 is 14.6 Å². The highest BCUT2D eigenvalue weighted by molar-refractivity contribution is 14.1. The first-order chi connectivity index (χ1) is 7.57. The third-order valence-corrected chi connectivity index (χ3v) is 3.05. The maximum absolute atomic E-state index is 11.4. The van der Waals surface area contributed by atoms with Crippen LogP contribution in [0.2, 0.25) is 0 Å². The molecule has 86 valence electrons. The van der Waals surface area contributed by atoms with E-state index in [1.54, 1.807) is 19.1 Å². The normalized spacial score (nSPS) is 11.9. The lowest BCUT2D eigenvalue weighted by Crippen LogP contribution is -2.14. The van der Waals surface area contributed by atoms with Crippen molar-refractivity contribution in [2.45, 2.75) is 13.0 Å². The molecular weight excluding hydrogens is 319 g/mol. The van der Waals surface area contributed by atoms with Gasteiger partial charge in [-0.1, -0.05) is 24.8 Å². The minimum atomic E-state index is -1.01. The van der Waals surface area contributed by atoms with Gasteiger partial charge in [0, 0.05) is 3.57 Å². The molecule has 0 aromatic heterocycles. The number of aliphatic hydroxyl groups is 1. The lowest BCUT2D eigenvalue weighted by atomic mass is 10.0. The van der Waals surface area contributed by atoms with Gasteiger partial charge in [0.1, 0.15) is 6.10 Å². The molecule has 4 heteroatoms. The highest BCUT2D eigenvalue weighted by Crippen LogP contribution is 2.25. The lowest BCUT2D eigenvalue weighted by molar-refractivity contribution is -0.139. The van der Waals surface area contributed by atoms with Gasteiger partial charge in [0.15, 0.2) is 0 Å². The number of aliphatic hydroxyl groups excluding tert-OH is 1. The van der Waals surface area contributed by atoms with Crippen molar-refractivity contribution >= 4 is 28.6 Å². The van der Waals surface area contributed by atoms with E-state index in [0.717, 1.165) is 3.57 Å². The molecule has 1 N–H and O–H groups in total. The Hall–Kier alpha value is -0.880. The van der Waals surface area contributed by atoms with Crippen LogP contribution in [0.25, 0.3) is 0 Å². The van der Waals surface area contributed by atoms with Crippen LogP contribution in [0.1, 0.15) is 18.6 Å². The first-order valence-corrected chi connectivity index (χ1v) is 5.94. The second-order valence-electron chi connectivity index (χ2n) is 3.17. The number of esters is 1. The first-order valence-electron chi connectivity index (χ1n) is 4.86. The van der Waals surface area contributed by atoms with E-state index in [9.17, 15) is 9.90 Å². The van der Waals surface area contributed by atoms with Gasteiger partial charge < -0.3 is 9.84 Å². The van der Waals surface area contributed by atoms with Crippen molar-refractivity contribution in [3.63, 3.8) is 0 Å². The van der Waals surface area contributed by atoms with Crippen LogP contribution in [0.4, 0.5) is 0 Å². The summed E-state index contributed by atoms with van der Waals surface area (Å²) in [6, 6.07) is 7.29. The van der Waals surface area contributed by atoms with Crippen LogP contribution in [0, 0.1) is 3.57 Å². The molecule has 0 aliphatic heterocycles. The van der Waals surface area contributed by atoms with Gasteiger partial charge in [-0.3, -0.25) is 0 Å². The van der Waals surface area contributed by atoms with Gasteiger partial charge in [-0.25, -0.2) is 4.79 Å². The van der Waals surface area contributed by atoms with Gasteiger partial charge in [0.25, 0.3) is 0 Å². The molecule has 0 amide bonds. The van der Waals surface area contributed by atoms with Gasteiger partial charge in [0.2, 0.25) is 0 Å². The van der Waals surface area contributed by atoms with Gasteiger partial charge in [-0.15, -0.1) is 0 Å². The Morgan fingerprint density at radius 2 is 2.19 bits per heavy atom. The number of benzene rings is 1. The highest BCUT2D eigenvalue weighted by Gasteiger charge is 2.20. The Kier molecular flexibility index (Phi) is 4.95. The molecule has 0 aliphatic carbocycles. The molecule has 1 aromatic carbocycles. The molecule has 1 rings (SSSR count). The zero-order chi connectivity index (χ0) is 12.1. The van der Waals surface area contributed by atoms with Crippen LogP contribution >= 0.6 is 22.6 Å². The number of carbonyl (C=O) groups is 1. The maximum Gasteiger partial charge on any atom is 0.336 e. The predicted molar refractivity (Wildman–Crippen MR) is 69.9 cm³/mol. The summed E-state index contributed by atoms with van der Waals surface area (Å²) >= 11 is 2.10. The molecule has 3 nitrogen and oxygen atoms in total. The number of carbonyl (C=O) groups excluding carboxylic acids is 1. The average molecular weight is 332 g/mol. The average Bonchev–Trinajstić information content (AvgIpc) is 2.28. The van der Waals surface area contributed by atoms with E-state index >= 15 is 0 Å². The maximum atomic E-state index is 11.4. The second-order valence-corrected chi connectivity index (χ2v) is 4.33. The van der Waals surface area contributed by atoms with Crippen molar-refractivity contribution in [3.05, 3.63) is 45.6 Å². The summed E-state index contributed by atoms with van der Waals surface area (Å²) in [6.45, 7) is 5.55. The fraction of sp³-hybridized carbons (Fsp3) is 0.250. The predicted octanol–water partition coefficient (Wildman–Crippen LogP) is 2.44. The van der Waals surface area contributed by atoms with Gasteiger partial charge >= 0.3 is 5.97 Å². The van der Waals surface area contributed by atoms with E-state index < -0.39 is 12.1 Å². The number of hydrogen-bond donors (Lipinski definition) is 1. The van der Waals surface area contributed by atoms with E-state index in [4.69, 9.17) is 4.74 Å². The summed E-state index contributed by atoms with van der Waals surface area (Å²) in [5, 5.41) is 9.96. The fourth-order valence-electron chi connectivity index (χ4n) is 1.22. The van der Waals surface area contributed by atoms with E-state index in [0.29, 0.717) is 5.56 Å². The summed E-state index contributed by atoms with van der Waals surface area (Å²) in [4.78, 5) is 11.4. The van der Waals surface area contributed by atoms with Crippen LogP contribution < -0.4 is 0 Å². The van der Waals surface area contributed by atoms with Gasteiger partial charge in [-0.05, 0) is 41.1 Å². The van der Waals surface area contributed by atoms with E-state index in [-0.39, 0.29) is 12.2 Å². The van der Waals surface area contributed by atoms with Crippen molar-refractivity contribution in [1.29, 1.82) is 0 Å². The lowest BCUT2D eigenvalue weighted by Gasteiger charge is -2.14. The van der Waals surface area contributed by atoms with Crippen molar-refractivity contribution in [2.75, 3.05) is 6.61 Å². The molecule has 1 atom stereocenters. The summed E-state index contributed by atoms with van der Waals surface area (Å²) < 4.78 is 5.67. The van der Waals surface area contributed by atoms with Crippen LogP contribution in [0.15, 0.2) is 36.4 Å². The Morgan fingerprint density at radius 1 is 1.56 bits per heavy atom. The van der Waals surface area contributed by atoms with Crippen LogP contribution in [-0.4, -0.2) is 17.7 Å². The monoisotopic (exact) mass is 332 g/mol. The minimum absolute atomic E-state index is 0.0611.